The molecule has 2 rings (SSSR count). The topological polar surface area (TPSA) is 51.5 Å². The SMILES string of the molecule is CCCCc1cc(C(=O)NC(C)C(OC)c2ccccc2)c(C)o1. The molecule has 1 aromatic heterocycles. The number of unbranched alkanes of at least 4 members (excludes halogenated alkanes) is 1. The lowest BCUT2D eigenvalue weighted by atomic mass is 10.0. The molecule has 0 aliphatic heterocycles. The van der Waals surface area contributed by atoms with Gasteiger partial charge in [-0.3, -0.25) is 4.79 Å². The zero-order valence-electron chi connectivity index (χ0n) is 15.0. The van der Waals surface area contributed by atoms with Gasteiger partial charge in [-0.25, -0.2) is 0 Å². The molecular weight excluding hydrogens is 302 g/mol. The molecule has 1 N–H and O–H groups in total. The number of carbonyl (C=O) groups excluding carboxylic acids is 1. The molecule has 2 atom stereocenters. The minimum Gasteiger partial charge on any atom is -0.466 e. The molecule has 1 amide bonds. The summed E-state index contributed by atoms with van der Waals surface area (Å²) in [4.78, 5) is 12.6. The lowest BCUT2D eigenvalue weighted by Gasteiger charge is -2.24. The number of furan rings is 1. The predicted octanol–water partition coefficient (Wildman–Crippen LogP) is 4.44. The Morgan fingerprint density at radius 2 is 2.00 bits per heavy atom. The molecule has 24 heavy (non-hydrogen) atoms. The van der Waals surface area contributed by atoms with E-state index in [2.05, 4.69) is 12.2 Å². The van der Waals surface area contributed by atoms with Crippen molar-refractivity contribution in [1.29, 1.82) is 0 Å². The van der Waals surface area contributed by atoms with Gasteiger partial charge in [-0.05, 0) is 31.9 Å². The van der Waals surface area contributed by atoms with Crippen LogP contribution in [0.2, 0.25) is 0 Å². The number of amides is 1. The molecule has 0 aliphatic rings. The van der Waals surface area contributed by atoms with E-state index in [-0.39, 0.29) is 18.1 Å². The second kappa shape index (κ2) is 8.69. The highest BCUT2D eigenvalue weighted by Crippen LogP contribution is 2.22. The normalized spacial score (nSPS) is 13.5. The van der Waals surface area contributed by atoms with Crippen molar-refractivity contribution in [2.24, 2.45) is 0 Å². The number of rotatable bonds is 8. The summed E-state index contributed by atoms with van der Waals surface area (Å²) in [6.07, 6.45) is 2.84. The maximum absolute atomic E-state index is 12.6. The maximum Gasteiger partial charge on any atom is 0.255 e. The number of nitrogens with one attached hydrogen (secondary N) is 1. The van der Waals surface area contributed by atoms with Gasteiger partial charge in [0.25, 0.3) is 5.91 Å². The van der Waals surface area contributed by atoms with Gasteiger partial charge in [0.2, 0.25) is 0 Å². The van der Waals surface area contributed by atoms with E-state index in [1.807, 2.05) is 50.2 Å². The highest BCUT2D eigenvalue weighted by molar-refractivity contribution is 5.95. The van der Waals surface area contributed by atoms with Gasteiger partial charge in [-0.15, -0.1) is 0 Å². The fourth-order valence-corrected chi connectivity index (χ4v) is 2.88. The Hall–Kier alpha value is -2.07. The second-order valence-corrected chi connectivity index (χ2v) is 6.12. The fourth-order valence-electron chi connectivity index (χ4n) is 2.88. The monoisotopic (exact) mass is 329 g/mol. The molecule has 2 unspecified atom stereocenters. The molecule has 130 valence electrons. The van der Waals surface area contributed by atoms with Crippen LogP contribution < -0.4 is 5.32 Å². The lowest BCUT2D eigenvalue weighted by Crippen LogP contribution is -2.37. The molecule has 0 bridgehead atoms. The van der Waals surface area contributed by atoms with Crippen LogP contribution in [0.15, 0.2) is 40.8 Å². The molecule has 4 heteroatoms. The summed E-state index contributed by atoms with van der Waals surface area (Å²) in [6.45, 7) is 5.92. The van der Waals surface area contributed by atoms with Crippen LogP contribution in [0.25, 0.3) is 0 Å². The Morgan fingerprint density at radius 1 is 1.29 bits per heavy atom. The molecule has 0 spiro atoms. The van der Waals surface area contributed by atoms with Crippen molar-refractivity contribution < 1.29 is 13.9 Å². The van der Waals surface area contributed by atoms with Crippen molar-refractivity contribution >= 4 is 5.91 Å². The van der Waals surface area contributed by atoms with Crippen LogP contribution in [0.3, 0.4) is 0 Å². The van der Waals surface area contributed by atoms with Crippen molar-refractivity contribution in [3.63, 3.8) is 0 Å². The molecule has 2 aromatic rings. The average molecular weight is 329 g/mol. The number of hydrogen-bond donors (Lipinski definition) is 1. The van der Waals surface area contributed by atoms with Crippen LogP contribution in [0, 0.1) is 6.92 Å². The number of methoxy groups -OCH3 is 1. The van der Waals surface area contributed by atoms with Crippen molar-refractivity contribution in [3.05, 3.63) is 59.0 Å². The van der Waals surface area contributed by atoms with Gasteiger partial charge in [0, 0.05) is 13.5 Å². The van der Waals surface area contributed by atoms with Gasteiger partial charge >= 0.3 is 0 Å². The summed E-state index contributed by atoms with van der Waals surface area (Å²) in [7, 11) is 1.66. The van der Waals surface area contributed by atoms with Crippen molar-refractivity contribution in [2.45, 2.75) is 52.2 Å². The van der Waals surface area contributed by atoms with E-state index in [9.17, 15) is 4.79 Å². The fraction of sp³-hybridized carbons (Fsp3) is 0.450. The number of aryl methyl sites for hydroxylation is 2. The first-order valence-corrected chi connectivity index (χ1v) is 8.54. The first-order chi connectivity index (χ1) is 11.6. The third-order valence-electron chi connectivity index (χ3n) is 4.19. The van der Waals surface area contributed by atoms with Crippen LogP contribution in [0.1, 0.15) is 60.2 Å². The Labute approximate surface area is 144 Å². The highest BCUT2D eigenvalue weighted by Gasteiger charge is 2.23. The third kappa shape index (κ3) is 4.48. The lowest BCUT2D eigenvalue weighted by molar-refractivity contribution is 0.0644. The van der Waals surface area contributed by atoms with Gasteiger partial charge < -0.3 is 14.5 Å². The Balaban J connectivity index is 2.06. The van der Waals surface area contributed by atoms with Crippen LogP contribution in [0.5, 0.6) is 0 Å². The number of carbonyl (C=O) groups is 1. The standard InChI is InChI=1S/C20H27NO3/c1-5-6-12-17-13-18(15(3)24-17)20(22)21-14(2)19(23-4)16-10-8-7-9-11-16/h7-11,13-14,19H,5-6,12H2,1-4H3,(H,21,22). The zero-order chi connectivity index (χ0) is 17.5. The Morgan fingerprint density at radius 3 is 2.62 bits per heavy atom. The summed E-state index contributed by atoms with van der Waals surface area (Å²) in [5.74, 6) is 1.42. The molecule has 0 fully saturated rings. The van der Waals surface area contributed by atoms with E-state index in [0.29, 0.717) is 11.3 Å². The second-order valence-electron chi connectivity index (χ2n) is 6.12. The van der Waals surface area contributed by atoms with Gasteiger partial charge in [-0.1, -0.05) is 43.7 Å². The van der Waals surface area contributed by atoms with Crippen molar-refractivity contribution in [1.82, 2.24) is 5.32 Å². The van der Waals surface area contributed by atoms with Crippen molar-refractivity contribution in [2.75, 3.05) is 7.11 Å². The number of ether oxygens (including phenoxy) is 1. The van der Waals surface area contributed by atoms with Gasteiger partial charge in [0.05, 0.1) is 11.6 Å². The van der Waals surface area contributed by atoms with Crippen molar-refractivity contribution in [3.8, 4) is 0 Å². The molecule has 0 aliphatic carbocycles. The molecule has 0 radical (unpaired) electrons. The highest BCUT2D eigenvalue weighted by atomic mass is 16.5. The van der Waals surface area contributed by atoms with Crippen LogP contribution >= 0.6 is 0 Å². The van der Waals surface area contributed by atoms with Crippen LogP contribution in [-0.2, 0) is 11.2 Å². The van der Waals surface area contributed by atoms with Gasteiger partial charge in [0.15, 0.2) is 0 Å². The molecule has 1 heterocycles. The quantitative estimate of drug-likeness (QED) is 0.779. The van der Waals surface area contributed by atoms with E-state index < -0.39 is 0 Å². The smallest absolute Gasteiger partial charge is 0.255 e. The summed E-state index contributed by atoms with van der Waals surface area (Å²) in [5.41, 5.74) is 1.65. The third-order valence-corrected chi connectivity index (χ3v) is 4.19. The number of benzene rings is 1. The van der Waals surface area contributed by atoms with E-state index in [1.165, 1.54) is 0 Å². The summed E-state index contributed by atoms with van der Waals surface area (Å²) >= 11 is 0. The zero-order valence-corrected chi connectivity index (χ0v) is 15.0. The number of hydrogen-bond acceptors (Lipinski definition) is 3. The molecule has 0 saturated heterocycles. The summed E-state index contributed by atoms with van der Waals surface area (Å²) in [6, 6.07) is 11.6. The molecule has 4 nitrogen and oxygen atoms in total. The Kier molecular flexibility index (Phi) is 6.62. The summed E-state index contributed by atoms with van der Waals surface area (Å²) in [5, 5.41) is 3.03. The molecular formula is C20H27NO3. The van der Waals surface area contributed by atoms with Crippen LogP contribution in [-0.4, -0.2) is 19.1 Å². The first-order valence-electron chi connectivity index (χ1n) is 8.54. The first kappa shape index (κ1) is 18.3. The Bertz CT molecular complexity index is 648. The summed E-state index contributed by atoms with van der Waals surface area (Å²) < 4.78 is 11.3. The van der Waals surface area contributed by atoms with Crippen LogP contribution in [0.4, 0.5) is 0 Å². The van der Waals surface area contributed by atoms with E-state index in [1.54, 1.807) is 7.11 Å². The minimum atomic E-state index is -0.193. The molecule has 1 aromatic carbocycles. The molecule has 0 saturated carbocycles. The minimum absolute atomic E-state index is 0.121. The van der Waals surface area contributed by atoms with Gasteiger partial charge in [-0.2, -0.15) is 0 Å². The van der Waals surface area contributed by atoms with Gasteiger partial charge in [0.1, 0.15) is 17.6 Å². The van der Waals surface area contributed by atoms with E-state index >= 15 is 0 Å². The maximum atomic E-state index is 12.6. The average Bonchev–Trinajstić information content (AvgIpc) is 2.95. The largest absolute Gasteiger partial charge is 0.466 e. The predicted molar refractivity (Wildman–Crippen MR) is 95.2 cm³/mol. The van der Waals surface area contributed by atoms with E-state index in [0.717, 1.165) is 30.6 Å². The van der Waals surface area contributed by atoms with E-state index in [4.69, 9.17) is 9.15 Å².